The molecule has 19 heavy (non-hydrogen) atoms. The van der Waals surface area contributed by atoms with Crippen molar-refractivity contribution in [3.05, 3.63) is 23.2 Å². The lowest BCUT2D eigenvalue weighted by Gasteiger charge is -2.11. The molecule has 1 unspecified atom stereocenters. The third kappa shape index (κ3) is 2.41. The second-order valence-corrected chi connectivity index (χ2v) is 4.91. The molecule has 2 N–H and O–H groups in total. The van der Waals surface area contributed by atoms with Gasteiger partial charge in [0.05, 0.1) is 23.4 Å². The largest absolute Gasteiger partial charge is 0.398 e. The third-order valence-electron chi connectivity index (χ3n) is 3.20. The van der Waals surface area contributed by atoms with Crippen molar-refractivity contribution in [1.29, 1.82) is 0 Å². The normalized spacial score (nSPS) is 18.9. The van der Waals surface area contributed by atoms with Gasteiger partial charge in [0.15, 0.2) is 5.82 Å². The molecule has 1 fully saturated rings. The van der Waals surface area contributed by atoms with Crippen LogP contribution in [0.1, 0.15) is 12.8 Å². The standard InChI is InChI=1S/C12H14ClN5O/c13-11-9(4-1-5-10(11)14)12-15-16-17-18(12)7-8-3-2-6-19-8/h1,4-5,8H,2-3,6-7,14H2. The second kappa shape index (κ2) is 5.14. The molecule has 0 spiro atoms. The highest BCUT2D eigenvalue weighted by Crippen LogP contribution is 2.30. The number of rotatable bonds is 3. The zero-order chi connectivity index (χ0) is 13.2. The lowest BCUT2D eigenvalue weighted by molar-refractivity contribution is 0.0939. The molecule has 0 bridgehead atoms. The van der Waals surface area contributed by atoms with Gasteiger partial charge in [-0.05, 0) is 35.4 Å². The van der Waals surface area contributed by atoms with E-state index in [1.54, 1.807) is 10.7 Å². The van der Waals surface area contributed by atoms with Crippen LogP contribution in [0.2, 0.25) is 5.02 Å². The number of hydrogen-bond donors (Lipinski definition) is 1. The Morgan fingerprint density at radius 3 is 3.16 bits per heavy atom. The first-order valence-corrected chi connectivity index (χ1v) is 6.55. The molecule has 7 heteroatoms. The lowest BCUT2D eigenvalue weighted by Crippen LogP contribution is -2.17. The summed E-state index contributed by atoms with van der Waals surface area (Å²) in [6.45, 7) is 1.44. The highest BCUT2D eigenvalue weighted by molar-refractivity contribution is 6.35. The SMILES string of the molecule is Nc1cccc(-c2nnnn2CC2CCCO2)c1Cl. The molecule has 1 aromatic heterocycles. The number of halogens is 1. The number of benzene rings is 1. The van der Waals surface area contributed by atoms with Crippen LogP contribution in [0, 0.1) is 0 Å². The summed E-state index contributed by atoms with van der Waals surface area (Å²) < 4.78 is 7.32. The fourth-order valence-corrected chi connectivity index (χ4v) is 2.43. The van der Waals surface area contributed by atoms with Crippen LogP contribution in [-0.4, -0.2) is 32.9 Å². The first kappa shape index (κ1) is 12.4. The molecule has 0 radical (unpaired) electrons. The maximum absolute atomic E-state index is 6.21. The summed E-state index contributed by atoms with van der Waals surface area (Å²) in [6, 6.07) is 5.44. The quantitative estimate of drug-likeness (QED) is 0.866. The molecular formula is C12H14ClN5O. The van der Waals surface area contributed by atoms with Crippen LogP contribution < -0.4 is 5.73 Å². The van der Waals surface area contributed by atoms with E-state index in [0.29, 0.717) is 23.1 Å². The summed E-state index contributed by atoms with van der Waals surface area (Å²) in [5.74, 6) is 0.618. The van der Waals surface area contributed by atoms with Crippen LogP contribution in [0.3, 0.4) is 0 Å². The lowest BCUT2D eigenvalue weighted by atomic mass is 10.2. The molecule has 2 heterocycles. The van der Waals surface area contributed by atoms with E-state index in [4.69, 9.17) is 22.1 Å². The first-order chi connectivity index (χ1) is 9.25. The van der Waals surface area contributed by atoms with E-state index < -0.39 is 0 Å². The maximum Gasteiger partial charge on any atom is 0.183 e. The number of aromatic nitrogens is 4. The number of nitrogens with zero attached hydrogens (tertiary/aromatic N) is 4. The number of tetrazole rings is 1. The molecule has 1 atom stereocenters. The minimum atomic E-state index is 0.169. The number of nitrogens with two attached hydrogens (primary N) is 1. The van der Waals surface area contributed by atoms with Crippen molar-refractivity contribution in [3.8, 4) is 11.4 Å². The molecule has 0 saturated carbocycles. The predicted molar refractivity (Wildman–Crippen MR) is 71.6 cm³/mol. The zero-order valence-corrected chi connectivity index (χ0v) is 11.0. The van der Waals surface area contributed by atoms with Crippen LogP contribution in [-0.2, 0) is 11.3 Å². The summed E-state index contributed by atoms with van der Waals surface area (Å²) in [5.41, 5.74) is 7.07. The fraction of sp³-hybridized carbons (Fsp3) is 0.417. The molecule has 0 aliphatic carbocycles. The number of anilines is 1. The van der Waals surface area contributed by atoms with Gasteiger partial charge in [-0.25, -0.2) is 4.68 Å². The summed E-state index contributed by atoms with van der Waals surface area (Å²) in [7, 11) is 0. The van der Waals surface area contributed by atoms with E-state index in [1.165, 1.54) is 0 Å². The molecule has 6 nitrogen and oxygen atoms in total. The average molecular weight is 280 g/mol. The van der Waals surface area contributed by atoms with Gasteiger partial charge >= 0.3 is 0 Å². The fourth-order valence-electron chi connectivity index (χ4n) is 2.22. The molecular weight excluding hydrogens is 266 g/mol. The Labute approximate surface area is 115 Å². The van der Waals surface area contributed by atoms with Crippen molar-refractivity contribution in [2.24, 2.45) is 0 Å². The van der Waals surface area contributed by atoms with Crippen molar-refractivity contribution < 1.29 is 4.74 Å². The van der Waals surface area contributed by atoms with Gasteiger partial charge in [-0.15, -0.1) is 5.10 Å². The number of hydrogen-bond acceptors (Lipinski definition) is 5. The Kier molecular flexibility index (Phi) is 3.35. The molecule has 3 rings (SSSR count). The predicted octanol–water partition coefficient (Wildman–Crippen LogP) is 1.75. The van der Waals surface area contributed by atoms with E-state index in [-0.39, 0.29) is 6.10 Å². The third-order valence-corrected chi connectivity index (χ3v) is 3.62. The number of nitrogen functional groups attached to an aromatic ring is 1. The Bertz CT molecular complexity index is 579. The Hall–Kier alpha value is -1.66. The first-order valence-electron chi connectivity index (χ1n) is 6.18. The number of ether oxygens (including phenoxy) is 1. The minimum Gasteiger partial charge on any atom is -0.398 e. The summed E-state index contributed by atoms with van der Waals surface area (Å²) in [5, 5.41) is 12.2. The summed E-state index contributed by atoms with van der Waals surface area (Å²) in [6.07, 6.45) is 2.28. The van der Waals surface area contributed by atoms with Crippen molar-refractivity contribution in [3.63, 3.8) is 0 Å². The van der Waals surface area contributed by atoms with E-state index in [2.05, 4.69) is 15.5 Å². The van der Waals surface area contributed by atoms with E-state index in [9.17, 15) is 0 Å². The highest BCUT2D eigenvalue weighted by atomic mass is 35.5. The van der Waals surface area contributed by atoms with Gasteiger partial charge in [-0.1, -0.05) is 17.7 Å². The molecule has 100 valence electrons. The Morgan fingerprint density at radius 2 is 2.37 bits per heavy atom. The van der Waals surface area contributed by atoms with Crippen LogP contribution in [0.25, 0.3) is 11.4 Å². The van der Waals surface area contributed by atoms with Crippen molar-refractivity contribution >= 4 is 17.3 Å². The van der Waals surface area contributed by atoms with Gasteiger partial charge in [0, 0.05) is 12.2 Å². The van der Waals surface area contributed by atoms with Crippen molar-refractivity contribution in [2.45, 2.75) is 25.5 Å². The van der Waals surface area contributed by atoms with Gasteiger partial charge in [-0.2, -0.15) is 0 Å². The van der Waals surface area contributed by atoms with Crippen molar-refractivity contribution in [2.75, 3.05) is 12.3 Å². The average Bonchev–Trinajstić information content (AvgIpc) is 3.05. The summed E-state index contributed by atoms with van der Waals surface area (Å²) in [4.78, 5) is 0. The minimum absolute atomic E-state index is 0.169. The summed E-state index contributed by atoms with van der Waals surface area (Å²) >= 11 is 6.21. The monoisotopic (exact) mass is 279 g/mol. The molecule has 1 aromatic carbocycles. The molecule has 0 amide bonds. The molecule has 1 aliphatic rings. The molecule has 1 aliphatic heterocycles. The topological polar surface area (TPSA) is 78.9 Å². The zero-order valence-electron chi connectivity index (χ0n) is 10.3. The maximum atomic E-state index is 6.21. The van der Waals surface area contributed by atoms with Crippen LogP contribution >= 0.6 is 11.6 Å². The van der Waals surface area contributed by atoms with Gasteiger partial charge < -0.3 is 10.5 Å². The Balaban J connectivity index is 1.92. The van der Waals surface area contributed by atoms with Gasteiger partial charge in [0.1, 0.15) is 0 Å². The smallest absolute Gasteiger partial charge is 0.183 e. The van der Waals surface area contributed by atoms with E-state index in [0.717, 1.165) is 25.0 Å². The van der Waals surface area contributed by atoms with Crippen molar-refractivity contribution in [1.82, 2.24) is 20.2 Å². The van der Waals surface area contributed by atoms with E-state index in [1.807, 2.05) is 12.1 Å². The van der Waals surface area contributed by atoms with Crippen LogP contribution in [0.4, 0.5) is 5.69 Å². The van der Waals surface area contributed by atoms with Gasteiger partial charge in [-0.3, -0.25) is 0 Å². The highest BCUT2D eigenvalue weighted by Gasteiger charge is 2.20. The van der Waals surface area contributed by atoms with Crippen LogP contribution in [0.15, 0.2) is 18.2 Å². The van der Waals surface area contributed by atoms with Gasteiger partial charge in [0.2, 0.25) is 0 Å². The Morgan fingerprint density at radius 1 is 1.47 bits per heavy atom. The molecule has 1 saturated heterocycles. The van der Waals surface area contributed by atoms with Gasteiger partial charge in [0.25, 0.3) is 0 Å². The van der Waals surface area contributed by atoms with Crippen LogP contribution in [0.5, 0.6) is 0 Å². The second-order valence-electron chi connectivity index (χ2n) is 4.53. The molecule has 2 aromatic rings. The van der Waals surface area contributed by atoms with E-state index >= 15 is 0 Å².